The minimum absolute atomic E-state index is 0.340. The number of nitrogens with one attached hydrogen (secondary N) is 2. The van der Waals surface area contributed by atoms with Crippen molar-refractivity contribution in [3.63, 3.8) is 0 Å². The van der Waals surface area contributed by atoms with Crippen molar-refractivity contribution in [2.75, 3.05) is 19.0 Å². The van der Waals surface area contributed by atoms with Gasteiger partial charge in [0, 0.05) is 6.54 Å². The summed E-state index contributed by atoms with van der Waals surface area (Å²) in [6, 6.07) is 6.68. The first-order chi connectivity index (χ1) is 8.22. The molecule has 0 aliphatic rings. The van der Waals surface area contributed by atoms with E-state index >= 15 is 0 Å². The zero-order valence-corrected chi connectivity index (χ0v) is 9.91. The Hall–Kier alpha value is -2.22. The number of amides is 2. The molecule has 1 aromatic carbocycles. The second kappa shape index (κ2) is 6.38. The Morgan fingerprint density at radius 2 is 2.29 bits per heavy atom. The summed E-state index contributed by atoms with van der Waals surface area (Å²) in [6.07, 6.45) is 0.852. The van der Waals surface area contributed by atoms with Gasteiger partial charge < -0.3 is 15.4 Å². The Kier molecular flexibility index (Phi) is 4.82. The Bertz CT molecular complexity index is 438. The van der Waals surface area contributed by atoms with Crippen LogP contribution in [0.25, 0.3) is 0 Å². The Labute approximate surface area is 100 Å². The van der Waals surface area contributed by atoms with Gasteiger partial charge in [-0.2, -0.15) is 5.26 Å². The number of para-hydroxylation sites is 1. The molecule has 0 aliphatic carbocycles. The van der Waals surface area contributed by atoms with E-state index in [1.807, 2.05) is 13.0 Å². The lowest BCUT2D eigenvalue weighted by Crippen LogP contribution is -2.29. The topological polar surface area (TPSA) is 74.2 Å². The van der Waals surface area contributed by atoms with Gasteiger partial charge in [0.25, 0.3) is 0 Å². The second-order valence-corrected chi connectivity index (χ2v) is 3.38. The van der Waals surface area contributed by atoms with Crippen molar-refractivity contribution < 1.29 is 9.53 Å². The lowest BCUT2D eigenvalue weighted by atomic mass is 10.2. The summed E-state index contributed by atoms with van der Waals surface area (Å²) in [6.45, 7) is 2.55. The monoisotopic (exact) mass is 233 g/mol. The number of carbonyl (C=O) groups excluding carboxylic acids is 1. The van der Waals surface area contributed by atoms with E-state index < -0.39 is 0 Å². The third-order valence-corrected chi connectivity index (χ3v) is 2.14. The number of hydrogen-bond donors (Lipinski definition) is 2. The number of carbonyl (C=O) groups is 1. The number of nitrogens with zero attached hydrogens (tertiary/aromatic N) is 1. The molecule has 0 bridgehead atoms. The van der Waals surface area contributed by atoms with Crippen LogP contribution in [0.2, 0.25) is 0 Å². The molecule has 0 saturated carbocycles. The molecule has 0 fully saturated rings. The fourth-order valence-corrected chi connectivity index (χ4v) is 1.32. The van der Waals surface area contributed by atoms with Crippen LogP contribution in [-0.4, -0.2) is 19.7 Å². The van der Waals surface area contributed by atoms with Crippen LogP contribution in [0.4, 0.5) is 10.5 Å². The van der Waals surface area contributed by atoms with E-state index in [-0.39, 0.29) is 6.03 Å². The summed E-state index contributed by atoms with van der Waals surface area (Å²) in [7, 11) is 1.49. The molecular weight excluding hydrogens is 218 g/mol. The molecular formula is C12H15N3O2. The van der Waals surface area contributed by atoms with Gasteiger partial charge in [0.15, 0.2) is 0 Å². The Morgan fingerprint density at radius 3 is 2.88 bits per heavy atom. The van der Waals surface area contributed by atoms with Crippen molar-refractivity contribution in [3.8, 4) is 11.8 Å². The lowest BCUT2D eigenvalue weighted by molar-refractivity contribution is 0.252. The zero-order chi connectivity index (χ0) is 12.7. The Morgan fingerprint density at radius 1 is 1.53 bits per heavy atom. The molecule has 1 aromatic rings. The summed E-state index contributed by atoms with van der Waals surface area (Å²) in [5, 5.41) is 14.2. The summed E-state index contributed by atoms with van der Waals surface area (Å²) in [5.74, 6) is 0.468. The maximum absolute atomic E-state index is 11.5. The van der Waals surface area contributed by atoms with E-state index in [0.717, 1.165) is 6.42 Å². The van der Waals surface area contributed by atoms with Gasteiger partial charge in [0.1, 0.15) is 17.5 Å². The molecule has 0 radical (unpaired) electrons. The Balaban J connectivity index is 2.88. The predicted octanol–water partition coefficient (Wildman–Crippen LogP) is 2.10. The van der Waals surface area contributed by atoms with Crippen molar-refractivity contribution in [3.05, 3.63) is 23.8 Å². The average Bonchev–Trinajstić information content (AvgIpc) is 2.36. The molecule has 2 N–H and O–H groups in total. The first kappa shape index (κ1) is 12.8. The normalized spacial score (nSPS) is 9.24. The number of nitriles is 1. The summed E-state index contributed by atoms with van der Waals surface area (Å²) < 4.78 is 5.10. The van der Waals surface area contributed by atoms with Crippen LogP contribution in [0.15, 0.2) is 18.2 Å². The third kappa shape index (κ3) is 3.38. The van der Waals surface area contributed by atoms with Crippen molar-refractivity contribution in [2.45, 2.75) is 13.3 Å². The van der Waals surface area contributed by atoms with Gasteiger partial charge in [-0.25, -0.2) is 4.79 Å². The first-order valence-corrected chi connectivity index (χ1v) is 5.34. The van der Waals surface area contributed by atoms with Crippen LogP contribution >= 0.6 is 0 Å². The largest absolute Gasteiger partial charge is 0.495 e. The second-order valence-electron chi connectivity index (χ2n) is 3.38. The fourth-order valence-electron chi connectivity index (χ4n) is 1.32. The molecule has 0 aliphatic heterocycles. The highest BCUT2D eigenvalue weighted by Gasteiger charge is 2.11. The molecule has 90 valence electrons. The summed E-state index contributed by atoms with van der Waals surface area (Å²) in [4.78, 5) is 11.5. The molecule has 0 aromatic heterocycles. The van der Waals surface area contributed by atoms with Crippen LogP contribution < -0.4 is 15.4 Å². The van der Waals surface area contributed by atoms with Crippen molar-refractivity contribution in [1.82, 2.24) is 5.32 Å². The van der Waals surface area contributed by atoms with E-state index in [2.05, 4.69) is 10.6 Å². The van der Waals surface area contributed by atoms with Crippen molar-refractivity contribution in [2.24, 2.45) is 0 Å². The highest BCUT2D eigenvalue weighted by atomic mass is 16.5. The van der Waals surface area contributed by atoms with Crippen LogP contribution in [0.1, 0.15) is 18.9 Å². The number of hydrogen-bond acceptors (Lipinski definition) is 3. The molecule has 17 heavy (non-hydrogen) atoms. The molecule has 1 rings (SSSR count). The predicted molar refractivity (Wildman–Crippen MR) is 65.0 cm³/mol. The van der Waals surface area contributed by atoms with Crippen LogP contribution in [0.3, 0.4) is 0 Å². The van der Waals surface area contributed by atoms with E-state index in [9.17, 15) is 4.79 Å². The van der Waals surface area contributed by atoms with E-state index in [0.29, 0.717) is 23.5 Å². The van der Waals surface area contributed by atoms with Crippen LogP contribution in [0.5, 0.6) is 5.75 Å². The SMILES string of the molecule is CCCNC(=O)Nc1c(C#N)cccc1OC. The molecule has 2 amide bonds. The number of ether oxygens (including phenoxy) is 1. The highest BCUT2D eigenvalue weighted by molar-refractivity contribution is 5.92. The van der Waals surface area contributed by atoms with E-state index in [1.54, 1.807) is 18.2 Å². The smallest absolute Gasteiger partial charge is 0.319 e. The van der Waals surface area contributed by atoms with Gasteiger partial charge in [-0.1, -0.05) is 13.0 Å². The molecule has 0 atom stereocenters. The standard InChI is InChI=1S/C12H15N3O2/c1-3-7-14-12(16)15-11-9(8-13)5-4-6-10(11)17-2/h4-6H,3,7H2,1-2H3,(H2,14,15,16). The van der Waals surface area contributed by atoms with Gasteiger partial charge in [-0.3, -0.25) is 0 Å². The summed E-state index contributed by atoms with van der Waals surface area (Å²) >= 11 is 0. The average molecular weight is 233 g/mol. The number of rotatable bonds is 4. The van der Waals surface area contributed by atoms with Gasteiger partial charge in [0.05, 0.1) is 12.7 Å². The number of urea groups is 1. The summed E-state index contributed by atoms with van der Waals surface area (Å²) in [5.41, 5.74) is 0.766. The number of anilines is 1. The van der Waals surface area contributed by atoms with Gasteiger partial charge in [0.2, 0.25) is 0 Å². The number of benzene rings is 1. The van der Waals surface area contributed by atoms with Gasteiger partial charge in [-0.15, -0.1) is 0 Å². The zero-order valence-electron chi connectivity index (χ0n) is 9.91. The molecule has 0 unspecified atom stereocenters. The van der Waals surface area contributed by atoms with Crippen molar-refractivity contribution in [1.29, 1.82) is 5.26 Å². The molecule has 0 saturated heterocycles. The van der Waals surface area contributed by atoms with Crippen LogP contribution in [-0.2, 0) is 0 Å². The molecule has 5 nitrogen and oxygen atoms in total. The van der Waals surface area contributed by atoms with Gasteiger partial charge >= 0.3 is 6.03 Å². The maximum Gasteiger partial charge on any atom is 0.319 e. The fraction of sp³-hybridized carbons (Fsp3) is 0.333. The van der Waals surface area contributed by atoms with Crippen molar-refractivity contribution >= 4 is 11.7 Å². The minimum atomic E-state index is -0.340. The van der Waals surface area contributed by atoms with E-state index in [4.69, 9.17) is 10.00 Å². The van der Waals surface area contributed by atoms with Gasteiger partial charge in [-0.05, 0) is 18.6 Å². The lowest BCUT2D eigenvalue weighted by Gasteiger charge is -2.11. The quantitative estimate of drug-likeness (QED) is 0.836. The minimum Gasteiger partial charge on any atom is -0.495 e. The molecule has 5 heteroatoms. The molecule has 0 spiro atoms. The van der Waals surface area contributed by atoms with E-state index in [1.165, 1.54) is 7.11 Å². The first-order valence-electron chi connectivity index (χ1n) is 5.34. The number of methoxy groups -OCH3 is 1. The maximum atomic E-state index is 11.5. The molecule has 0 heterocycles. The van der Waals surface area contributed by atoms with Crippen LogP contribution in [0, 0.1) is 11.3 Å². The third-order valence-electron chi connectivity index (χ3n) is 2.14. The highest BCUT2D eigenvalue weighted by Crippen LogP contribution is 2.27.